The van der Waals surface area contributed by atoms with E-state index in [1.165, 1.54) is 18.2 Å². The molecule has 1 amide bonds. The predicted molar refractivity (Wildman–Crippen MR) is 126 cm³/mol. The Labute approximate surface area is 203 Å². The first kappa shape index (κ1) is 25.0. The summed E-state index contributed by atoms with van der Waals surface area (Å²) in [5.74, 6) is -1.96. The van der Waals surface area contributed by atoms with Gasteiger partial charge in [-0.1, -0.05) is 18.2 Å². The Hall–Kier alpha value is -4.13. The van der Waals surface area contributed by atoms with Gasteiger partial charge in [-0.3, -0.25) is 4.79 Å². The third-order valence-corrected chi connectivity index (χ3v) is 6.38. The van der Waals surface area contributed by atoms with E-state index in [0.29, 0.717) is 22.3 Å². The molecule has 2 heterocycles. The molecule has 0 spiro atoms. The Bertz CT molecular complexity index is 1570. The molecular formula is C23H19F3N6O3S. The average molecular weight is 517 g/mol. The van der Waals surface area contributed by atoms with Gasteiger partial charge in [-0.15, -0.1) is 0 Å². The van der Waals surface area contributed by atoms with Gasteiger partial charge in [0.05, 0.1) is 39.4 Å². The van der Waals surface area contributed by atoms with E-state index in [1.54, 1.807) is 31.2 Å². The number of hydrogen-bond donors (Lipinski definition) is 1. The van der Waals surface area contributed by atoms with Crippen molar-refractivity contribution in [3.8, 4) is 0 Å². The van der Waals surface area contributed by atoms with Gasteiger partial charge in [-0.05, 0) is 36.8 Å². The van der Waals surface area contributed by atoms with Crippen LogP contribution in [-0.4, -0.2) is 40.5 Å². The lowest BCUT2D eigenvalue weighted by atomic mass is 10.1. The lowest BCUT2D eigenvalue weighted by molar-refractivity contribution is -0.145. The minimum absolute atomic E-state index is 0.0412. The van der Waals surface area contributed by atoms with Crippen molar-refractivity contribution in [2.45, 2.75) is 24.5 Å². The number of nitrogens with zero attached hydrogens (tertiary/aromatic N) is 5. The molecule has 0 radical (unpaired) electrons. The van der Waals surface area contributed by atoms with Crippen molar-refractivity contribution < 1.29 is 26.4 Å². The number of amides is 1. The van der Waals surface area contributed by atoms with Gasteiger partial charge in [0, 0.05) is 18.6 Å². The van der Waals surface area contributed by atoms with Gasteiger partial charge in [0.25, 0.3) is 5.91 Å². The first-order chi connectivity index (χ1) is 16.8. The topological polar surface area (TPSA) is 132 Å². The number of aryl methyl sites for hydroxylation is 1. The minimum atomic E-state index is -4.78. The maximum Gasteiger partial charge on any atom is 0.451 e. The van der Waals surface area contributed by atoms with Crippen LogP contribution in [0.25, 0.3) is 11.0 Å². The number of carbonyl (C=O) groups is 1. The SMILES string of the molecule is Cc1nc2ccc(CN(C(=O)c3cnc(C(F)(F)F)nc3)c3ccccc3S(C)(=O)=O)cc2nc1N. The number of aromatic nitrogens is 4. The number of rotatable bonds is 5. The van der Waals surface area contributed by atoms with E-state index >= 15 is 0 Å². The molecule has 0 aliphatic heterocycles. The summed E-state index contributed by atoms with van der Waals surface area (Å²) in [6.07, 6.45) is -2.28. The summed E-state index contributed by atoms with van der Waals surface area (Å²) in [5, 5.41) is 0. The van der Waals surface area contributed by atoms with Crippen molar-refractivity contribution in [1.82, 2.24) is 19.9 Å². The minimum Gasteiger partial charge on any atom is -0.382 e. The van der Waals surface area contributed by atoms with Crippen molar-refractivity contribution >= 4 is 38.3 Å². The molecule has 2 aromatic heterocycles. The van der Waals surface area contributed by atoms with Crippen LogP contribution in [0, 0.1) is 6.92 Å². The lowest BCUT2D eigenvalue weighted by Crippen LogP contribution is -2.32. The van der Waals surface area contributed by atoms with Crippen LogP contribution in [0.2, 0.25) is 0 Å². The van der Waals surface area contributed by atoms with Crippen molar-refractivity contribution in [3.05, 3.63) is 77.5 Å². The summed E-state index contributed by atoms with van der Waals surface area (Å²) in [6.45, 7) is 1.57. The number of carbonyl (C=O) groups excluding carboxylic acids is 1. The highest BCUT2D eigenvalue weighted by molar-refractivity contribution is 7.90. The van der Waals surface area contributed by atoms with Crippen molar-refractivity contribution in [2.24, 2.45) is 0 Å². The van der Waals surface area contributed by atoms with Crippen molar-refractivity contribution in [3.63, 3.8) is 0 Å². The van der Waals surface area contributed by atoms with E-state index in [-0.39, 0.29) is 28.5 Å². The Balaban J connectivity index is 1.81. The largest absolute Gasteiger partial charge is 0.451 e. The van der Waals surface area contributed by atoms with E-state index in [2.05, 4.69) is 19.9 Å². The molecule has 0 aliphatic rings. The van der Waals surface area contributed by atoms with Gasteiger partial charge in [0.15, 0.2) is 9.84 Å². The molecule has 2 N–H and O–H groups in total. The van der Waals surface area contributed by atoms with Crippen LogP contribution >= 0.6 is 0 Å². The number of halogens is 3. The molecule has 0 fully saturated rings. The number of nitrogen functional groups attached to an aromatic ring is 1. The zero-order valence-corrected chi connectivity index (χ0v) is 19.8. The molecule has 0 saturated carbocycles. The van der Waals surface area contributed by atoms with E-state index in [0.717, 1.165) is 23.5 Å². The van der Waals surface area contributed by atoms with Gasteiger partial charge >= 0.3 is 6.18 Å². The highest BCUT2D eigenvalue weighted by Gasteiger charge is 2.35. The Kier molecular flexibility index (Phi) is 6.35. The summed E-state index contributed by atoms with van der Waals surface area (Å²) >= 11 is 0. The molecule has 9 nitrogen and oxygen atoms in total. The molecule has 0 atom stereocenters. The van der Waals surface area contributed by atoms with Gasteiger partial charge in [-0.2, -0.15) is 13.2 Å². The van der Waals surface area contributed by atoms with Crippen LogP contribution in [0.3, 0.4) is 0 Å². The monoisotopic (exact) mass is 516 g/mol. The standard InChI is InChI=1S/C23H19F3N6O3S/c1-13-20(27)31-17-9-14(7-8-16(17)30-13)12-32(18-5-3-4-6-19(18)36(2,34)35)21(33)15-10-28-22(29-11-15)23(24,25)26/h3-11H,12H2,1-2H3,(H2,27,31). The normalized spacial score (nSPS) is 12.0. The number of sulfone groups is 1. The molecule has 186 valence electrons. The number of benzene rings is 2. The van der Waals surface area contributed by atoms with Gasteiger partial charge in [-0.25, -0.2) is 28.4 Å². The second kappa shape index (κ2) is 9.15. The number of alkyl halides is 3. The maximum atomic E-state index is 13.5. The quantitative estimate of drug-likeness (QED) is 0.426. The van der Waals surface area contributed by atoms with Gasteiger partial charge in [0.2, 0.25) is 5.82 Å². The maximum absolute atomic E-state index is 13.5. The van der Waals surface area contributed by atoms with Crippen LogP contribution < -0.4 is 10.6 Å². The predicted octanol–water partition coefficient (Wildman–Crippen LogP) is 3.58. The Morgan fingerprint density at radius 3 is 2.33 bits per heavy atom. The fraction of sp³-hybridized carbons (Fsp3) is 0.174. The van der Waals surface area contributed by atoms with Crippen LogP contribution in [0.5, 0.6) is 0 Å². The Morgan fingerprint density at radius 1 is 1.03 bits per heavy atom. The van der Waals surface area contributed by atoms with Crippen LogP contribution in [0.4, 0.5) is 24.7 Å². The highest BCUT2D eigenvalue weighted by atomic mass is 32.2. The smallest absolute Gasteiger partial charge is 0.382 e. The highest BCUT2D eigenvalue weighted by Crippen LogP contribution is 2.30. The van der Waals surface area contributed by atoms with Crippen molar-refractivity contribution in [1.29, 1.82) is 0 Å². The first-order valence-electron chi connectivity index (χ1n) is 10.4. The summed E-state index contributed by atoms with van der Waals surface area (Å²) < 4.78 is 63.6. The molecule has 0 bridgehead atoms. The molecule has 0 saturated heterocycles. The van der Waals surface area contributed by atoms with E-state index in [1.807, 2.05) is 0 Å². The third kappa shape index (κ3) is 5.10. The lowest BCUT2D eigenvalue weighted by Gasteiger charge is -2.25. The fourth-order valence-corrected chi connectivity index (χ4v) is 4.37. The summed E-state index contributed by atoms with van der Waals surface area (Å²) in [4.78, 5) is 29.6. The molecule has 2 aromatic carbocycles. The van der Waals surface area contributed by atoms with Gasteiger partial charge < -0.3 is 10.6 Å². The third-order valence-electron chi connectivity index (χ3n) is 5.23. The summed E-state index contributed by atoms with van der Waals surface area (Å²) in [6, 6.07) is 10.8. The van der Waals surface area contributed by atoms with E-state index in [9.17, 15) is 26.4 Å². The van der Waals surface area contributed by atoms with Crippen LogP contribution in [-0.2, 0) is 22.6 Å². The summed E-state index contributed by atoms with van der Waals surface area (Å²) in [7, 11) is -3.77. The molecule has 36 heavy (non-hydrogen) atoms. The second-order valence-electron chi connectivity index (χ2n) is 7.94. The number of nitrogens with two attached hydrogens (primary N) is 1. The second-order valence-corrected chi connectivity index (χ2v) is 9.93. The molecule has 4 aromatic rings. The molecule has 13 heteroatoms. The average Bonchev–Trinajstić information content (AvgIpc) is 2.82. The molecule has 0 aliphatic carbocycles. The molecular weight excluding hydrogens is 497 g/mol. The zero-order chi connectivity index (χ0) is 26.3. The van der Waals surface area contributed by atoms with Crippen LogP contribution in [0.1, 0.15) is 27.4 Å². The Morgan fingerprint density at radius 2 is 1.69 bits per heavy atom. The van der Waals surface area contributed by atoms with E-state index < -0.39 is 27.7 Å². The molecule has 4 rings (SSSR count). The summed E-state index contributed by atoms with van der Waals surface area (Å²) in [5.41, 5.74) is 7.77. The number of fused-ring (bicyclic) bond motifs is 1. The number of hydrogen-bond acceptors (Lipinski definition) is 8. The first-order valence-corrected chi connectivity index (χ1v) is 12.3. The number of anilines is 2. The van der Waals surface area contributed by atoms with E-state index in [4.69, 9.17) is 5.73 Å². The van der Waals surface area contributed by atoms with Crippen LogP contribution in [0.15, 0.2) is 59.8 Å². The zero-order valence-electron chi connectivity index (χ0n) is 19.0. The number of para-hydroxylation sites is 1. The van der Waals surface area contributed by atoms with Crippen molar-refractivity contribution in [2.75, 3.05) is 16.9 Å². The van der Waals surface area contributed by atoms with Gasteiger partial charge in [0.1, 0.15) is 5.82 Å². The fourth-order valence-electron chi connectivity index (χ4n) is 3.48. The molecule has 0 unspecified atom stereocenters.